The number of Topliss-reactive ketones (excluding diaryl/α,β-unsaturated/α-hetero) is 1. The maximum atomic E-state index is 13.0. The standard InChI is InChI=1S/C26H33N5O5S2/c1-4-5-10-18(20(32)16-28-38(34,35)22-13-8-9-14-27-22)30-25(33)36-23-15-26(2,3)17-31(23)24-29-19-11-6-7-12-21(19)37-24/h6-9,11-14,18,23,28H,4-5,10,15-17H2,1-3H3,(H,30,33)/t18-,23?/m0/s1. The lowest BCUT2D eigenvalue weighted by molar-refractivity contribution is -0.120. The number of para-hydroxylation sites is 1. The Morgan fingerprint density at radius 3 is 2.68 bits per heavy atom. The molecule has 12 heteroatoms. The van der Waals surface area contributed by atoms with Crippen LogP contribution >= 0.6 is 11.3 Å². The van der Waals surface area contributed by atoms with Crippen LogP contribution in [0.3, 0.4) is 0 Å². The number of carbonyl (C=O) groups excluding carboxylic acids is 2. The number of fused-ring (bicyclic) bond motifs is 1. The van der Waals surface area contributed by atoms with Crippen molar-refractivity contribution in [2.24, 2.45) is 5.41 Å². The normalized spacial score (nSPS) is 17.9. The summed E-state index contributed by atoms with van der Waals surface area (Å²) in [4.78, 5) is 36.5. The molecule has 38 heavy (non-hydrogen) atoms. The van der Waals surface area contributed by atoms with Crippen molar-refractivity contribution in [2.45, 2.75) is 63.8 Å². The lowest BCUT2D eigenvalue weighted by Gasteiger charge is -2.25. The minimum Gasteiger partial charge on any atom is -0.425 e. The minimum absolute atomic E-state index is 0.107. The third-order valence-electron chi connectivity index (χ3n) is 6.32. The molecule has 0 radical (unpaired) electrons. The van der Waals surface area contributed by atoms with Gasteiger partial charge >= 0.3 is 6.09 Å². The molecule has 3 heterocycles. The van der Waals surface area contributed by atoms with Gasteiger partial charge in [-0.2, -0.15) is 0 Å². The van der Waals surface area contributed by atoms with Crippen LogP contribution in [-0.4, -0.2) is 55.6 Å². The van der Waals surface area contributed by atoms with E-state index in [-0.39, 0.29) is 10.4 Å². The van der Waals surface area contributed by atoms with E-state index in [0.717, 1.165) is 21.8 Å². The molecule has 10 nitrogen and oxygen atoms in total. The Bertz CT molecular complexity index is 1340. The molecule has 0 spiro atoms. The number of hydrogen-bond acceptors (Lipinski definition) is 9. The molecular weight excluding hydrogens is 526 g/mol. The number of aromatic nitrogens is 2. The predicted molar refractivity (Wildman–Crippen MR) is 147 cm³/mol. The van der Waals surface area contributed by atoms with Crippen molar-refractivity contribution < 1.29 is 22.7 Å². The Morgan fingerprint density at radius 1 is 1.21 bits per heavy atom. The molecule has 2 aromatic heterocycles. The summed E-state index contributed by atoms with van der Waals surface area (Å²) in [5.41, 5.74) is 0.781. The molecule has 2 atom stereocenters. The van der Waals surface area contributed by atoms with Crippen molar-refractivity contribution in [1.82, 2.24) is 20.0 Å². The molecule has 204 valence electrons. The van der Waals surface area contributed by atoms with E-state index in [4.69, 9.17) is 9.72 Å². The number of benzene rings is 1. The fraction of sp³-hybridized carbons (Fsp3) is 0.462. The van der Waals surface area contributed by atoms with Crippen LogP contribution in [-0.2, 0) is 19.6 Å². The van der Waals surface area contributed by atoms with E-state index >= 15 is 0 Å². The van der Waals surface area contributed by atoms with Crippen LogP contribution < -0.4 is 14.9 Å². The summed E-state index contributed by atoms with van der Waals surface area (Å²) >= 11 is 1.54. The molecule has 2 N–H and O–H groups in total. The first-order valence-electron chi connectivity index (χ1n) is 12.6. The topological polar surface area (TPSA) is 131 Å². The largest absolute Gasteiger partial charge is 0.425 e. The molecule has 3 aromatic rings. The zero-order chi connectivity index (χ0) is 27.3. The number of nitrogens with zero attached hydrogens (tertiary/aromatic N) is 3. The number of ether oxygens (including phenoxy) is 1. The highest BCUT2D eigenvalue weighted by molar-refractivity contribution is 7.89. The lowest BCUT2D eigenvalue weighted by Crippen LogP contribution is -2.47. The van der Waals surface area contributed by atoms with Crippen molar-refractivity contribution in [3.63, 3.8) is 0 Å². The number of ketones is 1. The van der Waals surface area contributed by atoms with Gasteiger partial charge in [0.2, 0.25) is 0 Å². The monoisotopic (exact) mass is 559 g/mol. The number of alkyl carbamates (subject to hydrolysis) is 1. The van der Waals surface area contributed by atoms with Gasteiger partial charge in [-0.15, -0.1) is 0 Å². The van der Waals surface area contributed by atoms with Gasteiger partial charge in [0, 0.05) is 19.2 Å². The first-order chi connectivity index (χ1) is 18.1. The molecule has 4 rings (SSSR count). The van der Waals surface area contributed by atoms with Crippen LogP contribution in [0.2, 0.25) is 0 Å². The predicted octanol–water partition coefficient (Wildman–Crippen LogP) is 4.09. The molecule has 0 saturated carbocycles. The average Bonchev–Trinajstić information content (AvgIpc) is 3.45. The number of sulfonamides is 1. The van der Waals surface area contributed by atoms with Crippen molar-refractivity contribution in [3.8, 4) is 0 Å². The summed E-state index contributed by atoms with van der Waals surface area (Å²) in [6, 6.07) is 11.5. The SMILES string of the molecule is CCCC[C@H](NC(=O)OC1CC(C)(C)CN1c1nc2ccccc2s1)C(=O)CNS(=O)(=O)c1ccccn1. The van der Waals surface area contributed by atoms with E-state index in [1.807, 2.05) is 36.1 Å². The van der Waals surface area contributed by atoms with E-state index in [0.29, 0.717) is 25.8 Å². The summed E-state index contributed by atoms with van der Waals surface area (Å²) in [6.45, 7) is 6.38. The van der Waals surface area contributed by atoms with E-state index in [1.165, 1.54) is 12.3 Å². The van der Waals surface area contributed by atoms with Crippen LogP contribution in [0, 0.1) is 5.41 Å². The maximum absolute atomic E-state index is 13.0. The Balaban J connectivity index is 1.42. The molecule has 0 aliphatic carbocycles. The highest BCUT2D eigenvalue weighted by Crippen LogP contribution is 2.40. The second-order valence-corrected chi connectivity index (χ2v) is 12.8. The molecule has 0 bridgehead atoms. The molecule has 1 saturated heterocycles. The number of rotatable bonds is 11. The first kappa shape index (κ1) is 27.9. The van der Waals surface area contributed by atoms with Crippen molar-refractivity contribution in [3.05, 3.63) is 48.7 Å². The number of carbonyl (C=O) groups is 2. The maximum Gasteiger partial charge on any atom is 0.409 e. The van der Waals surface area contributed by atoms with E-state index in [1.54, 1.807) is 23.5 Å². The summed E-state index contributed by atoms with van der Waals surface area (Å²) in [5, 5.41) is 3.27. The Labute approximate surface area is 226 Å². The van der Waals surface area contributed by atoms with E-state index in [2.05, 4.69) is 28.9 Å². The summed E-state index contributed by atoms with van der Waals surface area (Å²) in [7, 11) is -3.96. The number of pyridine rings is 1. The molecule has 1 aliphatic heterocycles. The fourth-order valence-electron chi connectivity index (χ4n) is 4.38. The lowest BCUT2D eigenvalue weighted by atomic mass is 9.93. The van der Waals surface area contributed by atoms with Crippen molar-refractivity contribution >= 4 is 48.6 Å². The van der Waals surface area contributed by atoms with Crippen LogP contribution in [0.1, 0.15) is 46.5 Å². The molecule has 1 fully saturated rings. The van der Waals surface area contributed by atoms with Gasteiger partial charge < -0.3 is 15.0 Å². The number of unbranched alkanes of at least 4 members (excludes halogenated alkanes) is 1. The molecule has 1 aromatic carbocycles. The highest BCUT2D eigenvalue weighted by atomic mass is 32.2. The van der Waals surface area contributed by atoms with E-state index < -0.39 is 40.7 Å². The van der Waals surface area contributed by atoms with Crippen molar-refractivity contribution in [1.29, 1.82) is 0 Å². The third-order valence-corrected chi connectivity index (χ3v) is 8.71. The summed E-state index contributed by atoms with van der Waals surface area (Å²) in [6.07, 6.45) is 2.55. The molecule has 1 unspecified atom stereocenters. The Kier molecular flexibility index (Phi) is 8.64. The van der Waals surface area contributed by atoms with Crippen LogP contribution in [0.15, 0.2) is 53.7 Å². The van der Waals surface area contributed by atoms with Gasteiger partial charge in [-0.1, -0.05) is 63.1 Å². The Morgan fingerprint density at radius 2 is 1.97 bits per heavy atom. The number of anilines is 1. The quantitative estimate of drug-likeness (QED) is 0.359. The van der Waals surface area contributed by atoms with Gasteiger partial charge in [0.1, 0.15) is 0 Å². The number of nitrogens with one attached hydrogen (secondary N) is 2. The first-order valence-corrected chi connectivity index (χ1v) is 14.9. The molecular formula is C26H33N5O5S2. The van der Waals surface area contributed by atoms with Crippen molar-refractivity contribution in [2.75, 3.05) is 18.0 Å². The van der Waals surface area contributed by atoms with Gasteiger partial charge in [-0.05, 0) is 36.1 Å². The van der Waals surface area contributed by atoms with Crippen LogP contribution in [0.4, 0.5) is 9.93 Å². The van der Waals surface area contributed by atoms with Gasteiger partial charge in [0.25, 0.3) is 10.0 Å². The average molecular weight is 560 g/mol. The van der Waals surface area contributed by atoms with Gasteiger partial charge in [0.05, 0.1) is 22.8 Å². The summed E-state index contributed by atoms with van der Waals surface area (Å²) in [5.74, 6) is -0.454. The number of amides is 1. The zero-order valence-electron chi connectivity index (χ0n) is 21.7. The number of hydrogen-bond donors (Lipinski definition) is 2. The van der Waals surface area contributed by atoms with Crippen LogP contribution in [0.25, 0.3) is 10.2 Å². The second-order valence-electron chi connectivity index (χ2n) is 10.1. The molecule has 1 aliphatic rings. The van der Waals surface area contributed by atoms with E-state index in [9.17, 15) is 18.0 Å². The van der Waals surface area contributed by atoms with Gasteiger partial charge in [-0.3, -0.25) is 4.79 Å². The fourth-order valence-corrected chi connectivity index (χ4v) is 6.32. The highest BCUT2D eigenvalue weighted by Gasteiger charge is 2.41. The Hall–Kier alpha value is -3.09. The minimum atomic E-state index is -3.96. The third kappa shape index (κ3) is 6.86. The zero-order valence-corrected chi connectivity index (χ0v) is 23.3. The second kappa shape index (κ2) is 11.7. The van der Waals surface area contributed by atoms with Gasteiger partial charge in [-0.25, -0.2) is 27.9 Å². The van der Waals surface area contributed by atoms with Gasteiger partial charge in [0.15, 0.2) is 22.2 Å². The number of thiazole rings is 1. The smallest absolute Gasteiger partial charge is 0.409 e. The molecule has 1 amide bonds. The van der Waals surface area contributed by atoms with Crippen LogP contribution in [0.5, 0.6) is 0 Å². The summed E-state index contributed by atoms with van der Waals surface area (Å²) < 4.78 is 34.1.